The van der Waals surface area contributed by atoms with Crippen LogP contribution in [0.15, 0.2) is 23.5 Å². The number of hydrogen-bond donors (Lipinski definition) is 0. The van der Waals surface area contributed by atoms with Crippen LogP contribution >= 0.6 is 23.2 Å². The molecule has 16 heavy (non-hydrogen) atoms. The molecular weight excluding hydrogens is 251 g/mol. The Morgan fingerprint density at radius 3 is 2.81 bits per heavy atom. The highest BCUT2D eigenvalue weighted by Gasteiger charge is 2.08. The Hall–Kier alpha value is -1.33. The van der Waals surface area contributed by atoms with Gasteiger partial charge in [-0.15, -0.1) is 0 Å². The number of aryl methyl sites for hydroxylation is 1. The second-order valence-electron chi connectivity index (χ2n) is 3.30. The number of aromatic nitrogens is 4. The normalized spacial score (nSPS) is 10.7. The van der Waals surface area contributed by atoms with Crippen LogP contribution in [0, 0.1) is 0 Å². The van der Waals surface area contributed by atoms with E-state index in [1.165, 1.54) is 10.9 Å². The first kappa shape index (κ1) is 11.2. The van der Waals surface area contributed by atoms with E-state index in [0.29, 0.717) is 6.54 Å². The molecule has 0 aromatic carbocycles. The van der Waals surface area contributed by atoms with Gasteiger partial charge in [-0.25, -0.2) is 4.98 Å². The van der Waals surface area contributed by atoms with Crippen molar-refractivity contribution in [2.45, 2.75) is 6.54 Å². The summed E-state index contributed by atoms with van der Waals surface area (Å²) in [6.07, 6.45) is 4.85. The highest BCUT2D eigenvalue weighted by atomic mass is 35.5. The van der Waals surface area contributed by atoms with Gasteiger partial charge in [0.1, 0.15) is 5.02 Å². The first-order valence-electron chi connectivity index (χ1n) is 4.46. The molecule has 2 aromatic heterocycles. The Bertz CT molecular complexity index is 575. The van der Waals surface area contributed by atoms with Gasteiger partial charge in [-0.2, -0.15) is 5.10 Å². The van der Waals surface area contributed by atoms with Crippen molar-refractivity contribution in [1.82, 2.24) is 19.3 Å². The summed E-state index contributed by atoms with van der Waals surface area (Å²) in [5.74, 6) is 0. The number of rotatable bonds is 2. The van der Waals surface area contributed by atoms with Crippen molar-refractivity contribution >= 4 is 23.2 Å². The third-order valence-corrected chi connectivity index (χ3v) is 2.78. The molecule has 7 heteroatoms. The summed E-state index contributed by atoms with van der Waals surface area (Å²) >= 11 is 11.3. The van der Waals surface area contributed by atoms with Crippen molar-refractivity contribution in [3.8, 4) is 0 Å². The summed E-state index contributed by atoms with van der Waals surface area (Å²) in [4.78, 5) is 15.5. The van der Waals surface area contributed by atoms with Crippen molar-refractivity contribution in [2.75, 3.05) is 0 Å². The smallest absolute Gasteiger partial charge is 0.273 e. The molecule has 0 N–H and O–H groups in total. The molecule has 0 unspecified atom stereocenters. The van der Waals surface area contributed by atoms with Crippen LogP contribution in [0.3, 0.4) is 0 Å². The largest absolute Gasteiger partial charge is 0.293 e. The Morgan fingerprint density at radius 2 is 2.19 bits per heavy atom. The molecule has 0 bridgehead atoms. The van der Waals surface area contributed by atoms with E-state index in [1.54, 1.807) is 17.9 Å². The van der Waals surface area contributed by atoms with Crippen molar-refractivity contribution < 1.29 is 0 Å². The van der Waals surface area contributed by atoms with Crippen LogP contribution in [-0.2, 0) is 13.6 Å². The summed E-state index contributed by atoms with van der Waals surface area (Å²) in [6, 6.07) is 0. The average molecular weight is 259 g/mol. The van der Waals surface area contributed by atoms with Gasteiger partial charge < -0.3 is 0 Å². The molecule has 0 amide bonds. The SMILES string of the molecule is Cn1cc(Cn2cnc(Cl)c(Cl)c2=O)cn1. The van der Waals surface area contributed by atoms with Crippen molar-refractivity contribution in [2.24, 2.45) is 7.05 Å². The summed E-state index contributed by atoms with van der Waals surface area (Å²) in [6.45, 7) is 0.372. The minimum Gasteiger partial charge on any atom is -0.293 e. The highest BCUT2D eigenvalue weighted by Crippen LogP contribution is 2.13. The minimum atomic E-state index is -0.356. The molecule has 0 radical (unpaired) electrons. The van der Waals surface area contributed by atoms with E-state index < -0.39 is 0 Å². The number of hydrogen-bond acceptors (Lipinski definition) is 3. The van der Waals surface area contributed by atoms with E-state index >= 15 is 0 Å². The van der Waals surface area contributed by atoms with Gasteiger partial charge in [0.2, 0.25) is 0 Å². The zero-order valence-corrected chi connectivity index (χ0v) is 9.90. The fraction of sp³-hybridized carbons (Fsp3) is 0.222. The zero-order valence-electron chi connectivity index (χ0n) is 8.39. The monoisotopic (exact) mass is 258 g/mol. The van der Waals surface area contributed by atoms with Gasteiger partial charge in [0.05, 0.1) is 19.1 Å². The first-order chi connectivity index (χ1) is 7.58. The van der Waals surface area contributed by atoms with Gasteiger partial charge in [0, 0.05) is 18.8 Å². The van der Waals surface area contributed by atoms with Crippen LogP contribution in [0.1, 0.15) is 5.56 Å². The molecule has 0 atom stereocenters. The molecule has 0 spiro atoms. The van der Waals surface area contributed by atoms with Crippen LogP contribution in [0.4, 0.5) is 0 Å². The highest BCUT2D eigenvalue weighted by molar-refractivity contribution is 6.40. The summed E-state index contributed by atoms with van der Waals surface area (Å²) in [7, 11) is 1.80. The topological polar surface area (TPSA) is 52.7 Å². The summed E-state index contributed by atoms with van der Waals surface area (Å²) < 4.78 is 3.04. The summed E-state index contributed by atoms with van der Waals surface area (Å²) in [5.41, 5.74) is 0.537. The lowest BCUT2D eigenvalue weighted by Gasteiger charge is -2.03. The zero-order chi connectivity index (χ0) is 11.7. The molecule has 2 heterocycles. The molecular formula is C9H8Cl2N4O. The predicted octanol–water partition coefficient (Wildman–Crippen LogP) is 1.33. The van der Waals surface area contributed by atoms with Crippen LogP contribution in [0.25, 0.3) is 0 Å². The van der Waals surface area contributed by atoms with E-state index in [9.17, 15) is 4.79 Å². The molecule has 0 aliphatic carbocycles. The van der Waals surface area contributed by atoms with Crippen molar-refractivity contribution in [3.63, 3.8) is 0 Å². The second-order valence-corrected chi connectivity index (χ2v) is 4.04. The van der Waals surface area contributed by atoms with E-state index in [-0.39, 0.29) is 15.7 Å². The molecule has 0 saturated carbocycles. The minimum absolute atomic E-state index is 0.0223. The molecule has 2 aromatic rings. The Kier molecular flexibility index (Phi) is 2.98. The van der Waals surface area contributed by atoms with Crippen LogP contribution in [0.2, 0.25) is 10.2 Å². The van der Waals surface area contributed by atoms with Crippen molar-refractivity contribution in [3.05, 3.63) is 44.8 Å². The molecule has 84 valence electrons. The van der Waals surface area contributed by atoms with Gasteiger partial charge in [-0.3, -0.25) is 14.0 Å². The molecule has 0 saturated heterocycles. The van der Waals surface area contributed by atoms with Crippen molar-refractivity contribution in [1.29, 1.82) is 0 Å². The van der Waals surface area contributed by atoms with E-state index in [4.69, 9.17) is 23.2 Å². The van der Waals surface area contributed by atoms with E-state index in [0.717, 1.165) is 5.56 Å². The third kappa shape index (κ3) is 2.10. The number of nitrogens with zero attached hydrogens (tertiary/aromatic N) is 4. The van der Waals surface area contributed by atoms with Gasteiger partial charge in [-0.05, 0) is 0 Å². The maximum atomic E-state index is 11.7. The standard InChI is InChI=1S/C9H8Cl2N4O/c1-14-3-6(2-13-14)4-15-5-12-8(11)7(10)9(15)16/h2-3,5H,4H2,1H3. The molecule has 5 nitrogen and oxygen atoms in total. The molecule has 0 aliphatic heterocycles. The van der Waals surface area contributed by atoms with Crippen LogP contribution < -0.4 is 5.56 Å². The fourth-order valence-electron chi connectivity index (χ4n) is 1.31. The lowest BCUT2D eigenvalue weighted by Crippen LogP contribution is -2.21. The van der Waals surface area contributed by atoms with Gasteiger partial charge in [-0.1, -0.05) is 23.2 Å². The Labute approximate surface area is 101 Å². The van der Waals surface area contributed by atoms with E-state index in [2.05, 4.69) is 10.1 Å². The third-order valence-electron chi connectivity index (χ3n) is 2.05. The Balaban J connectivity index is 2.36. The molecule has 0 fully saturated rings. The lowest BCUT2D eigenvalue weighted by molar-refractivity contribution is 0.732. The van der Waals surface area contributed by atoms with Gasteiger partial charge in [0.25, 0.3) is 5.56 Å². The predicted molar refractivity (Wildman–Crippen MR) is 60.8 cm³/mol. The number of halogens is 2. The second kappa shape index (κ2) is 4.27. The van der Waals surface area contributed by atoms with Gasteiger partial charge >= 0.3 is 0 Å². The quantitative estimate of drug-likeness (QED) is 0.764. The molecule has 2 rings (SSSR count). The average Bonchev–Trinajstić information content (AvgIpc) is 2.65. The lowest BCUT2D eigenvalue weighted by atomic mass is 10.3. The van der Waals surface area contributed by atoms with Crippen LogP contribution in [0.5, 0.6) is 0 Å². The maximum absolute atomic E-state index is 11.7. The Morgan fingerprint density at radius 1 is 1.44 bits per heavy atom. The summed E-state index contributed by atoms with van der Waals surface area (Å²) in [5, 5.41) is 3.96. The maximum Gasteiger partial charge on any atom is 0.273 e. The first-order valence-corrected chi connectivity index (χ1v) is 5.21. The van der Waals surface area contributed by atoms with E-state index in [1.807, 2.05) is 6.20 Å². The van der Waals surface area contributed by atoms with Gasteiger partial charge in [0.15, 0.2) is 5.15 Å². The fourth-order valence-corrected chi connectivity index (χ4v) is 1.59. The van der Waals surface area contributed by atoms with Crippen LogP contribution in [-0.4, -0.2) is 19.3 Å². The molecule has 0 aliphatic rings.